The SMILES string of the molecule is O=C1CCC(C(=O)Nc2ccc3nccnc3c2)CN1. The van der Waals surface area contributed by atoms with Crippen LogP contribution in [0.3, 0.4) is 0 Å². The molecule has 3 rings (SSSR count). The molecule has 2 amide bonds. The quantitative estimate of drug-likeness (QED) is 0.855. The van der Waals surface area contributed by atoms with Gasteiger partial charge in [0.05, 0.1) is 17.0 Å². The number of nitrogens with zero attached hydrogens (tertiary/aromatic N) is 2. The van der Waals surface area contributed by atoms with E-state index in [0.29, 0.717) is 25.1 Å². The minimum absolute atomic E-state index is 0.00929. The fourth-order valence-electron chi connectivity index (χ4n) is 2.24. The van der Waals surface area contributed by atoms with Crippen molar-refractivity contribution in [3.05, 3.63) is 30.6 Å². The summed E-state index contributed by atoms with van der Waals surface area (Å²) in [5.41, 5.74) is 2.22. The van der Waals surface area contributed by atoms with E-state index in [1.165, 1.54) is 0 Å². The second kappa shape index (κ2) is 5.24. The molecular formula is C14H14N4O2. The Morgan fingerprint density at radius 1 is 1.25 bits per heavy atom. The first-order valence-electron chi connectivity index (χ1n) is 6.51. The maximum atomic E-state index is 12.1. The highest BCUT2D eigenvalue weighted by Crippen LogP contribution is 2.18. The van der Waals surface area contributed by atoms with Gasteiger partial charge in [0.15, 0.2) is 0 Å². The van der Waals surface area contributed by atoms with E-state index in [9.17, 15) is 9.59 Å². The number of carbonyl (C=O) groups is 2. The topological polar surface area (TPSA) is 84.0 Å². The number of amides is 2. The third-order valence-electron chi connectivity index (χ3n) is 3.37. The Morgan fingerprint density at radius 3 is 2.80 bits per heavy atom. The van der Waals surface area contributed by atoms with E-state index < -0.39 is 0 Å². The van der Waals surface area contributed by atoms with Crippen molar-refractivity contribution in [1.29, 1.82) is 0 Å². The smallest absolute Gasteiger partial charge is 0.229 e. The van der Waals surface area contributed by atoms with Crippen molar-refractivity contribution < 1.29 is 9.59 Å². The summed E-state index contributed by atoms with van der Waals surface area (Å²) in [4.78, 5) is 31.6. The number of fused-ring (bicyclic) bond motifs is 1. The van der Waals surface area contributed by atoms with E-state index in [-0.39, 0.29) is 17.7 Å². The van der Waals surface area contributed by atoms with Crippen molar-refractivity contribution in [2.75, 3.05) is 11.9 Å². The molecule has 1 aromatic carbocycles. The van der Waals surface area contributed by atoms with E-state index in [1.54, 1.807) is 24.5 Å². The van der Waals surface area contributed by atoms with Crippen LogP contribution < -0.4 is 10.6 Å². The van der Waals surface area contributed by atoms with Gasteiger partial charge in [0, 0.05) is 31.0 Å². The first kappa shape index (κ1) is 12.5. The number of rotatable bonds is 2. The molecule has 0 aliphatic carbocycles. The molecule has 1 saturated heterocycles. The van der Waals surface area contributed by atoms with Gasteiger partial charge >= 0.3 is 0 Å². The van der Waals surface area contributed by atoms with Gasteiger partial charge in [-0.15, -0.1) is 0 Å². The summed E-state index contributed by atoms with van der Waals surface area (Å²) in [5, 5.41) is 5.57. The Morgan fingerprint density at radius 2 is 2.05 bits per heavy atom. The minimum Gasteiger partial charge on any atom is -0.355 e. The first-order chi connectivity index (χ1) is 9.72. The Balaban J connectivity index is 1.72. The van der Waals surface area contributed by atoms with E-state index >= 15 is 0 Å². The fraction of sp³-hybridized carbons (Fsp3) is 0.286. The van der Waals surface area contributed by atoms with Gasteiger partial charge in [-0.2, -0.15) is 0 Å². The fourth-order valence-corrected chi connectivity index (χ4v) is 2.24. The van der Waals surface area contributed by atoms with Gasteiger partial charge in [0.25, 0.3) is 0 Å². The predicted octanol–water partition coefficient (Wildman–Crippen LogP) is 1.09. The molecule has 0 bridgehead atoms. The molecule has 1 atom stereocenters. The van der Waals surface area contributed by atoms with Gasteiger partial charge < -0.3 is 10.6 Å². The van der Waals surface area contributed by atoms with Crippen molar-refractivity contribution in [3.8, 4) is 0 Å². The lowest BCUT2D eigenvalue weighted by Crippen LogP contribution is -2.40. The average molecular weight is 270 g/mol. The van der Waals surface area contributed by atoms with Crippen LogP contribution in [0.1, 0.15) is 12.8 Å². The first-order valence-corrected chi connectivity index (χ1v) is 6.51. The zero-order valence-electron chi connectivity index (χ0n) is 10.8. The van der Waals surface area contributed by atoms with Crippen LogP contribution in [-0.2, 0) is 9.59 Å². The molecule has 1 aromatic heterocycles. The molecule has 6 heteroatoms. The van der Waals surface area contributed by atoms with Crippen molar-refractivity contribution in [1.82, 2.24) is 15.3 Å². The molecule has 20 heavy (non-hydrogen) atoms. The van der Waals surface area contributed by atoms with Crippen LogP contribution in [-0.4, -0.2) is 28.3 Å². The highest BCUT2D eigenvalue weighted by Gasteiger charge is 2.24. The van der Waals surface area contributed by atoms with Crippen molar-refractivity contribution >= 4 is 28.5 Å². The zero-order chi connectivity index (χ0) is 13.9. The van der Waals surface area contributed by atoms with Gasteiger partial charge in [0.2, 0.25) is 11.8 Å². The lowest BCUT2D eigenvalue weighted by molar-refractivity contribution is -0.126. The summed E-state index contributed by atoms with van der Waals surface area (Å²) in [6.45, 7) is 0.401. The third-order valence-corrected chi connectivity index (χ3v) is 3.37. The van der Waals surface area contributed by atoms with E-state index in [2.05, 4.69) is 20.6 Å². The van der Waals surface area contributed by atoms with Crippen molar-refractivity contribution in [2.24, 2.45) is 5.92 Å². The Labute approximate surface area is 115 Å². The van der Waals surface area contributed by atoms with Crippen LogP contribution in [0, 0.1) is 5.92 Å². The Hall–Kier alpha value is -2.50. The minimum atomic E-state index is -0.176. The molecule has 1 fully saturated rings. The third kappa shape index (κ3) is 2.59. The van der Waals surface area contributed by atoms with Crippen molar-refractivity contribution in [3.63, 3.8) is 0 Å². The van der Waals surface area contributed by atoms with Crippen LogP contribution in [0.2, 0.25) is 0 Å². The number of aromatic nitrogens is 2. The lowest BCUT2D eigenvalue weighted by Gasteiger charge is -2.21. The number of hydrogen-bond donors (Lipinski definition) is 2. The summed E-state index contributed by atoms with van der Waals surface area (Å²) >= 11 is 0. The van der Waals surface area contributed by atoms with Gasteiger partial charge in [0.1, 0.15) is 0 Å². The molecule has 2 heterocycles. The van der Waals surface area contributed by atoms with E-state index in [1.807, 2.05) is 6.07 Å². The standard InChI is InChI=1S/C14H14N4O2/c19-13-4-1-9(8-17-13)14(20)18-10-2-3-11-12(7-10)16-6-5-15-11/h2-3,5-7,9H,1,4,8H2,(H,17,19)(H,18,20). The lowest BCUT2D eigenvalue weighted by atomic mass is 9.98. The summed E-state index contributed by atoms with van der Waals surface area (Å²) in [5.74, 6) is -0.242. The molecule has 0 radical (unpaired) electrons. The highest BCUT2D eigenvalue weighted by atomic mass is 16.2. The number of carbonyl (C=O) groups excluding carboxylic acids is 2. The summed E-state index contributed by atoms with van der Waals surface area (Å²) < 4.78 is 0. The number of nitrogens with one attached hydrogen (secondary N) is 2. The number of hydrogen-bond acceptors (Lipinski definition) is 4. The van der Waals surface area contributed by atoms with E-state index in [4.69, 9.17) is 0 Å². The molecule has 2 N–H and O–H groups in total. The summed E-state index contributed by atoms with van der Waals surface area (Å²) in [6, 6.07) is 5.42. The molecule has 1 aliphatic heterocycles. The van der Waals surface area contributed by atoms with Gasteiger partial charge in [-0.05, 0) is 24.6 Å². The normalized spacial score (nSPS) is 18.6. The van der Waals surface area contributed by atoms with Gasteiger partial charge in [-0.1, -0.05) is 0 Å². The Bertz CT molecular complexity index is 661. The average Bonchev–Trinajstić information content (AvgIpc) is 2.48. The van der Waals surface area contributed by atoms with Crippen LogP contribution >= 0.6 is 0 Å². The number of anilines is 1. The summed E-state index contributed by atoms with van der Waals surface area (Å²) in [6.07, 6.45) is 4.24. The maximum absolute atomic E-state index is 12.1. The second-order valence-corrected chi connectivity index (χ2v) is 4.79. The number of piperidine rings is 1. The molecule has 0 saturated carbocycles. The zero-order valence-corrected chi connectivity index (χ0v) is 10.8. The number of benzene rings is 1. The molecular weight excluding hydrogens is 256 g/mol. The molecule has 2 aromatic rings. The van der Waals surface area contributed by atoms with Crippen molar-refractivity contribution in [2.45, 2.75) is 12.8 Å². The Kier molecular flexibility index (Phi) is 3.28. The molecule has 102 valence electrons. The maximum Gasteiger partial charge on any atom is 0.229 e. The molecule has 0 spiro atoms. The van der Waals surface area contributed by atoms with E-state index in [0.717, 1.165) is 11.0 Å². The van der Waals surface area contributed by atoms with Crippen LogP contribution in [0.25, 0.3) is 11.0 Å². The molecule has 1 aliphatic rings. The molecule has 6 nitrogen and oxygen atoms in total. The largest absolute Gasteiger partial charge is 0.355 e. The monoisotopic (exact) mass is 270 g/mol. The highest BCUT2D eigenvalue weighted by molar-refractivity contribution is 5.95. The molecule has 1 unspecified atom stereocenters. The van der Waals surface area contributed by atoms with Crippen LogP contribution in [0.5, 0.6) is 0 Å². The second-order valence-electron chi connectivity index (χ2n) is 4.79. The van der Waals surface area contributed by atoms with Crippen LogP contribution in [0.4, 0.5) is 5.69 Å². The van der Waals surface area contributed by atoms with Gasteiger partial charge in [-0.3, -0.25) is 19.6 Å². The van der Waals surface area contributed by atoms with Crippen LogP contribution in [0.15, 0.2) is 30.6 Å². The van der Waals surface area contributed by atoms with Gasteiger partial charge in [-0.25, -0.2) is 0 Å². The summed E-state index contributed by atoms with van der Waals surface area (Å²) in [7, 11) is 0. The predicted molar refractivity (Wildman–Crippen MR) is 73.9 cm³/mol.